The Balaban J connectivity index is 2.41. The lowest BCUT2D eigenvalue weighted by Crippen LogP contribution is -2.31. The third kappa shape index (κ3) is 6.37. The van der Waals surface area contributed by atoms with Crippen molar-refractivity contribution in [3.8, 4) is 5.75 Å². The zero-order chi connectivity index (χ0) is 21.4. The van der Waals surface area contributed by atoms with Crippen molar-refractivity contribution >= 4 is 27.8 Å². The highest BCUT2D eigenvalue weighted by atomic mass is 32.2. The van der Waals surface area contributed by atoms with Gasteiger partial charge < -0.3 is 35.6 Å². The normalized spacial score (nSPS) is 13.6. The molecule has 0 heterocycles. The summed E-state index contributed by atoms with van der Waals surface area (Å²) in [6, 6.07) is 12.7. The van der Waals surface area contributed by atoms with E-state index < -0.39 is 10.6 Å². The minimum atomic E-state index is -1.81. The summed E-state index contributed by atoms with van der Waals surface area (Å²) in [6.07, 6.45) is 1.58. The Morgan fingerprint density at radius 2 is 2.03 bits per heavy atom. The van der Waals surface area contributed by atoms with Crippen LogP contribution in [0.1, 0.15) is 12.5 Å². The molecule has 9 heteroatoms. The molecule has 0 saturated heterocycles. The topological polar surface area (TPSA) is 144 Å². The Morgan fingerprint density at radius 3 is 2.59 bits per heavy atom. The van der Waals surface area contributed by atoms with Crippen molar-refractivity contribution in [2.45, 2.75) is 17.9 Å². The van der Waals surface area contributed by atoms with Crippen molar-refractivity contribution in [3.63, 3.8) is 0 Å². The SMILES string of the molecule is C=C/C(=C(\N=C(N)Nc1ccc([S-](=N)=O)cc1)N[C@H](C)CO)c1cccc(O)c1. The van der Waals surface area contributed by atoms with Gasteiger partial charge in [0.05, 0.1) is 6.61 Å². The molecule has 8 nitrogen and oxygen atoms in total. The van der Waals surface area contributed by atoms with Gasteiger partial charge in [-0.05, 0) is 36.8 Å². The van der Waals surface area contributed by atoms with Crippen LogP contribution in [0, 0.1) is 4.78 Å². The van der Waals surface area contributed by atoms with Crippen LogP contribution in [-0.4, -0.2) is 28.8 Å². The van der Waals surface area contributed by atoms with Crippen LogP contribution < -0.4 is 16.4 Å². The fourth-order valence-corrected chi connectivity index (χ4v) is 2.82. The van der Waals surface area contributed by atoms with Crippen LogP contribution in [0.5, 0.6) is 5.75 Å². The fraction of sp³-hybridized carbons (Fsp3) is 0.150. The summed E-state index contributed by atoms with van der Waals surface area (Å²) in [6.45, 7) is 5.48. The monoisotopic (exact) mass is 414 g/mol. The number of nitrogens with zero attached hydrogens (tertiary/aromatic N) is 1. The predicted octanol–water partition coefficient (Wildman–Crippen LogP) is 2.73. The maximum Gasteiger partial charge on any atom is 0.199 e. The number of phenols is 1. The number of nitrogens with one attached hydrogen (secondary N) is 3. The van der Waals surface area contributed by atoms with Gasteiger partial charge in [-0.25, -0.2) is 0 Å². The molecule has 2 aromatic carbocycles. The first-order valence-corrected chi connectivity index (χ1v) is 9.86. The number of aromatic hydroxyl groups is 1. The first-order chi connectivity index (χ1) is 13.8. The average Bonchev–Trinajstić information content (AvgIpc) is 2.68. The molecule has 0 amide bonds. The van der Waals surface area contributed by atoms with Crippen LogP contribution in [-0.2, 0) is 14.8 Å². The molecule has 154 valence electrons. The number of rotatable bonds is 8. The number of aliphatic imine (C=N–C) groups is 1. The largest absolute Gasteiger partial charge is 0.508 e. The number of nitrogens with two attached hydrogens (primary N) is 1. The molecule has 0 aliphatic rings. The van der Waals surface area contributed by atoms with E-state index in [2.05, 4.69) is 22.2 Å². The molecular formula is C20H24N5O3S-. The number of allylic oxidation sites excluding steroid dienone is 2. The van der Waals surface area contributed by atoms with Crippen LogP contribution in [0.3, 0.4) is 0 Å². The highest BCUT2D eigenvalue weighted by Gasteiger charge is 2.11. The van der Waals surface area contributed by atoms with E-state index in [1.54, 1.807) is 61.5 Å². The van der Waals surface area contributed by atoms with Crippen LogP contribution in [0.25, 0.3) is 5.57 Å². The van der Waals surface area contributed by atoms with Gasteiger partial charge in [0, 0.05) is 17.3 Å². The Morgan fingerprint density at radius 1 is 1.34 bits per heavy atom. The number of anilines is 1. The van der Waals surface area contributed by atoms with Gasteiger partial charge in [-0.1, -0.05) is 41.8 Å². The number of aliphatic hydroxyl groups is 1. The Labute approximate surface area is 171 Å². The number of hydrogen-bond donors (Lipinski definition) is 6. The number of phenolic OH excluding ortho intramolecular Hbond substituents is 1. The first kappa shape index (κ1) is 22.0. The van der Waals surface area contributed by atoms with Gasteiger partial charge in [-0.2, -0.15) is 15.6 Å². The Kier molecular flexibility index (Phi) is 7.81. The van der Waals surface area contributed by atoms with E-state index in [1.807, 2.05) is 0 Å². The molecule has 0 aliphatic carbocycles. The Hall–Kier alpha value is -3.30. The second kappa shape index (κ2) is 10.3. The van der Waals surface area contributed by atoms with Gasteiger partial charge in [-0.3, -0.25) is 0 Å². The van der Waals surface area contributed by atoms with Crippen LogP contribution in [0.2, 0.25) is 0 Å². The van der Waals surface area contributed by atoms with Crippen molar-refractivity contribution in [2.24, 2.45) is 10.7 Å². The molecular weight excluding hydrogens is 390 g/mol. The second-order valence-corrected chi connectivity index (χ2v) is 7.17. The molecule has 0 unspecified atom stereocenters. The highest BCUT2D eigenvalue weighted by Crippen LogP contribution is 2.23. The third-order valence-electron chi connectivity index (χ3n) is 3.85. The zero-order valence-electron chi connectivity index (χ0n) is 15.9. The molecule has 0 fully saturated rings. The molecule has 1 atom stereocenters. The van der Waals surface area contributed by atoms with Gasteiger partial charge in [0.2, 0.25) is 0 Å². The first-order valence-electron chi connectivity index (χ1n) is 8.71. The van der Waals surface area contributed by atoms with Crippen LogP contribution in [0.4, 0.5) is 5.69 Å². The van der Waals surface area contributed by atoms with E-state index in [1.165, 1.54) is 0 Å². The predicted molar refractivity (Wildman–Crippen MR) is 116 cm³/mol. The number of benzene rings is 2. The lowest BCUT2D eigenvalue weighted by molar-refractivity contribution is 0.258. The molecule has 0 aliphatic heterocycles. The third-order valence-corrected chi connectivity index (χ3v) is 4.55. The van der Waals surface area contributed by atoms with Crippen molar-refractivity contribution < 1.29 is 14.4 Å². The molecule has 29 heavy (non-hydrogen) atoms. The minimum absolute atomic E-state index is 0.0666. The maximum absolute atomic E-state index is 11.2. The standard InChI is InChI=1S/C20H24N5O3S/c1-3-18(14-5-4-6-16(27)11-14)19(23-13(2)12-26)25-20(21)24-15-7-9-17(10-8-15)29(22)28/h3-11,13,22-23,26-27H,1,12H2,2H3,(H3,21,24,25)/q-1/b19-18+/t13-/m1/s1. The van der Waals surface area contributed by atoms with Gasteiger partial charge in [0.25, 0.3) is 0 Å². The van der Waals surface area contributed by atoms with E-state index in [-0.39, 0.29) is 24.4 Å². The summed E-state index contributed by atoms with van der Waals surface area (Å²) in [7, 11) is -1.81. The van der Waals surface area contributed by atoms with Crippen LogP contribution in [0.15, 0.2) is 76.9 Å². The summed E-state index contributed by atoms with van der Waals surface area (Å²) in [5.41, 5.74) is 7.91. The fourth-order valence-electron chi connectivity index (χ4n) is 2.43. The maximum atomic E-state index is 11.2. The number of hydrogen-bond acceptors (Lipinski definition) is 7. The Bertz CT molecular complexity index is 989. The van der Waals surface area contributed by atoms with Crippen molar-refractivity contribution in [3.05, 3.63) is 72.6 Å². The zero-order valence-corrected chi connectivity index (χ0v) is 16.7. The van der Waals surface area contributed by atoms with E-state index in [0.717, 1.165) is 0 Å². The molecule has 0 spiro atoms. The van der Waals surface area contributed by atoms with Gasteiger partial charge >= 0.3 is 0 Å². The molecule has 2 aromatic rings. The van der Waals surface area contributed by atoms with Crippen molar-refractivity contribution in [1.82, 2.24) is 5.32 Å². The summed E-state index contributed by atoms with van der Waals surface area (Å²) in [5, 5.41) is 25.2. The molecule has 0 bridgehead atoms. The van der Waals surface area contributed by atoms with E-state index in [4.69, 9.17) is 10.5 Å². The molecule has 0 saturated carbocycles. The number of aliphatic hydroxyl groups excluding tert-OH is 1. The average molecular weight is 415 g/mol. The molecule has 2 rings (SSSR count). The quantitative estimate of drug-likeness (QED) is 0.170. The van der Waals surface area contributed by atoms with E-state index in [0.29, 0.717) is 27.5 Å². The summed E-state index contributed by atoms with van der Waals surface area (Å²) < 4.78 is 18.4. The summed E-state index contributed by atoms with van der Waals surface area (Å²) >= 11 is 0. The van der Waals surface area contributed by atoms with Gasteiger partial charge in [-0.15, -0.1) is 0 Å². The van der Waals surface area contributed by atoms with E-state index in [9.17, 15) is 14.4 Å². The van der Waals surface area contributed by atoms with Gasteiger partial charge in [0.1, 0.15) is 11.6 Å². The summed E-state index contributed by atoms with van der Waals surface area (Å²) in [4.78, 5) is 4.76. The minimum Gasteiger partial charge on any atom is -0.508 e. The molecule has 0 aromatic heterocycles. The van der Waals surface area contributed by atoms with Crippen LogP contribution >= 0.6 is 0 Å². The summed E-state index contributed by atoms with van der Waals surface area (Å²) in [5.74, 6) is 0.524. The van der Waals surface area contributed by atoms with Crippen molar-refractivity contribution in [1.29, 1.82) is 4.78 Å². The molecule has 7 N–H and O–H groups in total. The lowest BCUT2D eigenvalue weighted by atomic mass is 10.1. The lowest BCUT2D eigenvalue weighted by Gasteiger charge is -2.17. The van der Waals surface area contributed by atoms with Crippen molar-refractivity contribution in [2.75, 3.05) is 11.9 Å². The second-order valence-electron chi connectivity index (χ2n) is 6.16. The molecule has 0 radical (unpaired) electrons. The van der Waals surface area contributed by atoms with Gasteiger partial charge in [0.15, 0.2) is 5.96 Å². The number of guanidine groups is 1. The highest BCUT2D eigenvalue weighted by molar-refractivity contribution is 7.73. The van der Waals surface area contributed by atoms with E-state index >= 15 is 0 Å². The smallest absolute Gasteiger partial charge is 0.199 e.